The minimum absolute atomic E-state index is 0.0522. The number of amides is 1. The van der Waals surface area contributed by atoms with Crippen LogP contribution in [0, 0.1) is 0 Å². The molecule has 0 aromatic heterocycles. The number of carboxylic acid groups (broad SMARTS) is 1. The van der Waals surface area contributed by atoms with E-state index in [1.807, 2.05) is 5.16 Å². The number of hydrogen-bond acceptors (Lipinski definition) is 6. The summed E-state index contributed by atoms with van der Waals surface area (Å²) in [5.41, 5.74) is -1.45. The Labute approximate surface area is 192 Å². The van der Waals surface area contributed by atoms with Gasteiger partial charge in [0.15, 0.2) is 9.84 Å². The number of thiocarbonyl (C=S) groups is 1. The highest BCUT2D eigenvalue weighted by molar-refractivity contribution is 7.91. The van der Waals surface area contributed by atoms with Crippen molar-refractivity contribution in [3.63, 3.8) is 0 Å². The summed E-state index contributed by atoms with van der Waals surface area (Å²) in [4.78, 5) is 15.5. The van der Waals surface area contributed by atoms with Crippen LogP contribution in [0.3, 0.4) is 0 Å². The molecule has 2 aromatic rings. The molecule has 2 aromatic carbocycles. The van der Waals surface area contributed by atoms with Crippen molar-refractivity contribution in [2.45, 2.75) is 30.0 Å². The van der Waals surface area contributed by atoms with Gasteiger partial charge in [-0.3, -0.25) is 0 Å². The number of benzene rings is 2. The first-order valence-electron chi connectivity index (χ1n) is 9.23. The van der Waals surface area contributed by atoms with Crippen LogP contribution in [0.4, 0.5) is 23.7 Å². The molecule has 6 nitrogen and oxygen atoms in total. The van der Waals surface area contributed by atoms with Crippen molar-refractivity contribution in [2.75, 3.05) is 12.3 Å². The zero-order valence-electron chi connectivity index (χ0n) is 16.2. The number of aliphatic imine (C=N–C) groups is 1. The molecule has 170 valence electrons. The zero-order valence-corrected chi connectivity index (χ0v) is 18.6. The fourth-order valence-corrected chi connectivity index (χ4v) is 5.68. The van der Waals surface area contributed by atoms with Gasteiger partial charge in [0.1, 0.15) is 6.09 Å². The Bertz CT molecular complexity index is 1190. The first kappa shape index (κ1) is 24.2. The molecule has 3 rings (SSSR count). The van der Waals surface area contributed by atoms with E-state index in [1.165, 1.54) is 30.3 Å². The van der Waals surface area contributed by atoms with E-state index in [0.29, 0.717) is 12.8 Å². The molecule has 1 heterocycles. The van der Waals surface area contributed by atoms with Gasteiger partial charge in [0, 0.05) is 18.2 Å². The number of sulfone groups is 1. The Hall–Kier alpha value is -2.46. The topological polar surface area (TPSA) is 89.9 Å². The summed E-state index contributed by atoms with van der Waals surface area (Å²) in [7, 11) is -3.89. The van der Waals surface area contributed by atoms with E-state index in [4.69, 9.17) is 11.6 Å². The Morgan fingerprint density at radius 2 is 1.94 bits per heavy atom. The van der Waals surface area contributed by atoms with Gasteiger partial charge >= 0.3 is 6.18 Å². The molecular formula is C20H15ClF3N2O4S2-. The van der Waals surface area contributed by atoms with Gasteiger partial charge in [0.05, 0.1) is 32.1 Å². The van der Waals surface area contributed by atoms with Crippen LogP contribution < -0.4 is 5.11 Å². The summed E-state index contributed by atoms with van der Waals surface area (Å²) in [6.07, 6.45) is -5.29. The number of alkyl halides is 3. The van der Waals surface area contributed by atoms with Crippen LogP contribution in [0.25, 0.3) is 11.1 Å². The average Bonchev–Trinajstić information content (AvgIpc) is 3.15. The van der Waals surface area contributed by atoms with E-state index in [0.717, 1.165) is 11.0 Å². The van der Waals surface area contributed by atoms with Crippen LogP contribution in [0.1, 0.15) is 18.4 Å². The molecule has 1 saturated heterocycles. The summed E-state index contributed by atoms with van der Waals surface area (Å²) in [5, 5.41) is 12.9. The third-order valence-corrected chi connectivity index (χ3v) is 7.28. The van der Waals surface area contributed by atoms with Crippen molar-refractivity contribution in [1.82, 2.24) is 4.90 Å². The summed E-state index contributed by atoms with van der Waals surface area (Å²) in [6, 6.07) is 6.02. The lowest BCUT2D eigenvalue weighted by Gasteiger charge is -2.26. The molecule has 0 aliphatic carbocycles. The third kappa shape index (κ3) is 5.12. The van der Waals surface area contributed by atoms with Crippen LogP contribution in [0.5, 0.6) is 0 Å². The lowest BCUT2D eigenvalue weighted by Crippen LogP contribution is -2.46. The normalized spacial score (nSPS) is 16.6. The quantitative estimate of drug-likeness (QED) is 0.447. The SMILES string of the molecule is O=C([O-])N1CCCC1CS(=O)(=O)c1ccc(-c2c(Cl)cc(N=C=S)cc2C(F)(F)F)cc1. The van der Waals surface area contributed by atoms with Crippen molar-refractivity contribution < 1.29 is 31.5 Å². The second-order valence-electron chi connectivity index (χ2n) is 7.11. The molecule has 1 aliphatic rings. The van der Waals surface area contributed by atoms with E-state index < -0.39 is 39.5 Å². The molecule has 0 bridgehead atoms. The average molecular weight is 504 g/mol. The number of carbonyl (C=O) groups excluding carboxylic acids is 1. The minimum atomic E-state index is -4.76. The number of likely N-dealkylation sites (tertiary alicyclic amines) is 1. The highest BCUT2D eigenvalue weighted by Gasteiger charge is 2.36. The third-order valence-electron chi connectivity index (χ3n) is 5.08. The summed E-state index contributed by atoms with van der Waals surface area (Å²) in [6.45, 7) is 0.198. The predicted molar refractivity (Wildman–Crippen MR) is 114 cm³/mol. The van der Waals surface area contributed by atoms with Crippen LogP contribution in [-0.2, 0) is 16.0 Å². The molecule has 32 heavy (non-hydrogen) atoms. The van der Waals surface area contributed by atoms with E-state index in [9.17, 15) is 31.5 Å². The van der Waals surface area contributed by atoms with Crippen LogP contribution >= 0.6 is 23.8 Å². The van der Waals surface area contributed by atoms with Crippen LogP contribution in [0.15, 0.2) is 46.3 Å². The number of carbonyl (C=O) groups is 1. The van der Waals surface area contributed by atoms with Gasteiger partial charge in [-0.15, -0.1) is 0 Å². The van der Waals surface area contributed by atoms with Gasteiger partial charge in [-0.2, -0.15) is 18.2 Å². The molecule has 0 N–H and O–H groups in total. The molecule has 1 atom stereocenters. The second kappa shape index (κ2) is 9.19. The number of nitrogens with zero attached hydrogens (tertiary/aromatic N) is 2. The fraction of sp³-hybridized carbons (Fsp3) is 0.300. The lowest BCUT2D eigenvalue weighted by molar-refractivity contribution is -0.266. The molecule has 1 aliphatic heterocycles. The first-order valence-corrected chi connectivity index (χ1v) is 11.7. The Morgan fingerprint density at radius 3 is 2.50 bits per heavy atom. The zero-order chi connectivity index (χ0) is 23.7. The molecule has 1 unspecified atom stereocenters. The molecule has 1 amide bonds. The Balaban J connectivity index is 1.97. The number of halogens is 4. The molecule has 0 radical (unpaired) electrons. The Kier molecular flexibility index (Phi) is 6.94. The van der Waals surface area contributed by atoms with Gasteiger partial charge in [-0.05, 0) is 54.9 Å². The summed E-state index contributed by atoms with van der Waals surface area (Å²) >= 11 is 10.5. The van der Waals surface area contributed by atoms with Gasteiger partial charge in [0.2, 0.25) is 0 Å². The van der Waals surface area contributed by atoms with Crippen molar-refractivity contribution in [3.8, 4) is 11.1 Å². The number of isothiocyanates is 1. The van der Waals surface area contributed by atoms with Crippen molar-refractivity contribution in [1.29, 1.82) is 0 Å². The first-order chi connectivity index (χ1) is 14.9. The van der Waals surface area contributed by atoms with Gasteiger partial charge < -0.3 is 14.8 Å². The van der Waals surface area contributed by atoms with Gasteiger partial charge in [-0.25, -0.2) is 8.42 Å². The smallest absolute Gasteiger partial charge is 0.417 e. The lowest BCUT2D eigenvalue weighted by atomic mass is 9.98. The highest BCUT2D eigenvalue weighted by Crippen LogP contribution is 2.43. The minimum Gasteiger partial charge on any atom is -0.530 e. The maximum atomic E-state index is 13.6. The largest absolute Gasteiger partial charge is 0.530 e. The molecular weight excluding hydrogens is 489 g/mol. The summed E-state index contributed by atoms with van der Waals surface area (Å²) < 4.78 is 66.4. The fourth-order valence-electron chi connectivity index (χ4n) is 3.65. The standard InChI is InChI=1S/C20H16ClF3N2O4S2/c21-17-9-13(25-11-31)8-16(20(22,23)24)18(17)12-3-5-15(6-4-12)32(29,30)10-14-2-1-7-26(14)19(27)28/h3-6,8-9,14H,1-2,7,10H2,(H,27,28)/p-1. The second-order valence-corrected chi connectivity index (χ2v) is 9.74. The molecule has 12 heteroatoms. The van der Waals surface area contributed by atoms with Crippen LogP contribution in [0.2, 0.25) is 5.02 Å². The van der Waals surface area contributed by atoms with E-state index in [-0.39, 0.29) is 33.3 Å². The maximum absolute atomic E-state index is 13.6. The highest BCUT2D eigenvalue weighted by atomic mass is 35.5. The van der Waals surface area contributed by atoms with Crippen LogP contribution in [-0.4, -0.2) is 42.9 Å². The summed E-state index contributed by atoms with van der Waals surface area (Å²) in [5.74, 6) is -0.445. The molecule has 0 spiro atoms. The number of hydrogen-bond donors (Lipinski definition) is 0. The molecule has 0 saturated carbocycles. The Morgan fingerprint density at radius 1 is 1.28 bits per heavy atom. The van der Waals surface area contributed by atoms with Crippen molar-refractivity contribution in [3.05, 3.63) is 47.0 Å². The van der Waals surface area contributed by atoms with Crippen molar-refractivity contribution in [2.24, 2.45) is 4.99 Å². The van der Waals surface area contributed by atoms with E-state index in [1.54, 1.807) is 0 Å². The number of rotatable bonds is 5. The maximum Gasteiger partial charge on any atom is 0.417 e. The van der Waals surface area contributed by atoms with Gasteiger partial charge in [-0.1, -0.05) is 23.7 Å². The molecule has 1 fully saturated rings. The van der Waals surface area contributed by atoms with Crippen molar-refractivity contribution >= 4 is 50.6 Å². The van der Waals surface area contributed by atoms with E-state index in [2.05, 4.69) is 17.2 Å². The van der Waals surface area contributed by atoms with Gasteiger partial charge in [0.25, 0.3) is 0 Å². The monoisotopic (exact) mass is 503 g/mol. The predicted octanol–water partition coefficient (Wildman–Crippen LogP) is 4.34. The van der Waals surface area contributed by atoms with E-state index >= 15 is 0 Å².